The van der Waals surface area contributed by atoms with E-state index in [4.69, 9.17) is 0 Å². The Balaban J connectivity index is 2.67. The molecule has 0 aliphatic heterocycles. The molecule has 1 N–H and O–H groups in total. The van der Waals surface area contributed by atoms with Crippen LogP contribution in [0.4, 0.5) is 0 Å². The maximum absolute atomic E-state index is 9.71. The largest absolute Gasteiger partial charge is 0.396 e. The van der Waals surface area contributed by atoms with Gasteiger partial charge in [-0.3, -0.25) is 0 Å². The predicted octanol–water partition coefficient (Wildman–Crippen LogP) is 4.10. The Labute approximate surface area is 119 Å². The van der Waals surface area contributed by atoms with Gasteiger partial charge in [0.1, 0.15) is 0 Å². The molecule has 1 atom stereocenters. The molecule has 0 aromatic heterocycles. The molecule has 0 saturated carbocycles. The number of benzene rings is 1. The quantitative estimate of drug-likeness (QED) is 0.430. The summed E-state index contributed by atoms with van der Waals surface area (Å²) in [5.41, 5.74) is 0.316. The molecule has 1 nitrogen and oxygen atoms in total. The Morgan fingerprint density at radius 1 is 1.16 bits per heavy atom. The minimum atomic E-state index is -1.61. The van der Waals surface area contributed by atoms with E-state index < -0.39 is 8.07 Å². The first-order valence-electron chi connectivity index (χ1n) is 7.46. The number of unbranched alkanes of at least 4 members (excludes halogenated alkanes) is 3. The summed E-state index contributed by atoms with van der Waals surface area (Å²) >= 11 is 0. The molecule has 0 heterocycles. The van der Waals surface area contributed by atoms with E-state index in [1.165, 1.54) is 24.4 Å². The van der Waals surface area contributed by atoms with Crippen LogP contribution >= 0.6 is 0 Å². The molecule has 0 aliphatic carbocycles. The fourth-order valence-electron chi connectivity index (χ4n) is 2.38. The van der Waals surface area contributed by atoms with Gasteiger partial charge in [-0.15, -0.1) is 0 Å². The highest BCUT2D eigenvalue weighted by molar-refractivity contribution is 6.91. The number of rotatable bonds is 8. The molecule has 0 radical (unpaired) electrons. The third-order valence-electron chi connectivity index (χ3n) is 3.98. The summed E-state index contributed by atoms with van der Waals surface area (Å²) in [5.74, 6) is 0. The molecule has 0 saturated heterocycles. The smallest absolute Gasteiger partial charge is 0.0898 e. The molecule has 1 aromatic rings. The van der Waals surface area contributed by atoms with Gasteiger partial charge in [-0.05, 0) is 18.4 Å². The number of aliphatic hydroxyl groups excluding tert-OH is 1. The van der Waals surface area contributed by atoms with E-state index in [1.807, 2.05) is 0 Å². The molecule has 2 heteroatoms. The first-order valence-corrected chi connectivity index (χ1v) is 10.5. The van der Waals surface area contributed by atoms with E-state index in [0.717, 1.165) is 6.42 Å². The molecular weight excluding hydrogens is 248 g/mol. The van der Waals surface area contributed by atoms with Crippen molar-refractivity contribution in [2.45, 2.75) is 51.2 Å². The van der Waals surface area contributed by atoms with Crippen molar-refractivity contribution < 1.29 is 5.11 Å². The van der Waals surface area contributed by atoms with Crippen molar-refractivity contribution in [1.29, 1.82) is 0 Å². The standard InChI is InChI=1S/C17H28OSi/c1-4-5-6-7-9-14-17(15-18)19(2,3)16-12-10-8-11-13-16/h8-14,17-18H,4-7,15H2,1-3H3/b14-9+. The first-order chi connectivity index (χ1) is 9.12. The van der Waals surface area contributed by atoms with Crippen molar-refractivity contribution in [2.75, 3.05) is 6.61 Å². The lowest BCUT2D eigenvalue weighted by molar-refractivity contribution is 0.300. The third kappa shape index (κ3) is 4.96. The molecule has 0 bridgehead atoms. The summed E-state index contributed by atoms with van der Waals surface area (Å²) < 4.78 is 0. The lowest BCUT2D eigenvalue weighted by atomic mass is 10.2. The topological polar surface area (TPSA) is 20.2 Å². The van der Waals surface area contributed by atoms with Crippen LogP contribution in [0.3, 0.4) is 0 Å². The second-order valence-corrected chi connectivity index (χ2v) is 10.6. The van der Waals surface area contributed by atoms with Crippen molar-refractivity contribution in [3.8, 4) is 0 Å². The van der Waals surface area contributed by atoms with Gasteiger partial charge < -0.3 is 5.11 Å². The highest BCUT2D eigenvalue weighted by Crippen LogP contribution is 2.23. The molecule has 0 aliphatic rings. The average molecular weight is 276 g/mol. The van der Waals surface area contributed by atoms with Gasteiger partial charge in [0.15, 0.2) is 0 Å². The summed E-state index contributed by atoms with van der Waals surface area (Å²) in [6.07, 6.45) is 9.50. The van der Waals surface area contributed by atoms with Crippen molar-refractivity contribution in [1.82, 2.24) is 0 Å². The Morgan fingerprint density at radius 2 is 1.84 bits per heavy atom. The Kier molecular flexibility index (Phi) is 7.10. The zero-order chi connectivity index (χ0) is 14.1. The van der Waals surface area contributed by atoms with Crippen molar-refractivity contribution in [3.63, 3.8) is 0 Å². The van der Waals surface area contributed by atoms with Crippen LogP contribution in [-0.4, -0.2) is 19.8 Å². The van der Waals surface area contributed by atoms with Crippen LogP contribution in [0.15, 0.2) is 42.5 Å². The van der Waals surface area contributed by atoms with Gasteiger partial charge in [-0.25, -0.2) is 0 Å². The van der Waals surface area contributed by atoms with Crippen molar-refractivity contribution >= 4 is 13.3 Å². The van der Waals surface area contributed by atoms with E-state index in [9.17, 15) is 5.11 Å². The first kappa shape index (κ1) is 16.2. The Bertz CT molecular complexity index is 370. The Morgan fingerprint density at radius 3 is 2.42 bits per heavy atom. The molecular formula is C17H28OSi. The van der Waals surface area contributed by atoms with Gasteiger partial charge in [-0.2, -0.15) is 0 Å². The summed E-state index contributed by atoms with van der Waals surface area (Å²) in [6, 6.07) is 10.7. The highest BCUT2D eigenvalue weighted by atomic mass is 28.3. The van der Waals surface area contributed by atoms with Crippen LogP contribution in [-0.2, 0) is 0 Å². The summed E-state index contributed by atoms with van der Waals surface area (Å²) in [7, 11) is -1.61. The van der Waals surface area contributed by atoms with Crippen LogP contribution in [0, 0.1) is 0 Å². The van der Waals surface area contributed by atoms with Crippen LogP contribution in [0.1, 0.15) is 32.6 Å². The normalized spacial score (nSPS) is 13.9. The minimum Gasteiger partial charge on any atom is -0.396 e. The zero-order valence-electron chi connectivity index (χ0n) is 12.6. The number of hydrogen-bond acceptors (Lipinski definition) is 1. The molecule has 19 heavy (non-hydrogen) atoms. The summed E-state index contributed by atoms with van der Waals surface area (Å²) in [5, 5.41) is 11.1. The number of hydrogen-bond donors (Lipinski definition) is 1. The number of aliphatic hydroxyl groups is 1. The molecule has 106 valence electrons. The lowest BCUT2D eigenvalue weighted by Crippen LogP contribution is -2.46. The van der Waals surface area contributed by atoms with Crippen LogP contribution in [0.5, 0.6) is 0 Å². The fraction of sp³-hybridized carbons (Fsp3) is 0.529. The predicted molar refractivity (Wildman–Crippen MR) is 87.7 cm³/mol. The molecule has 1 unspecified atom stereocenters. The lowest BCUT2D eigenvalue weighted by Gasteiger charge is -2.29. The van der Waals surface area contributed by atoms with E-state index in [0.29, 0.717) is 5.54 Å². The van der Waals surface area contributed by atoms with Crippen molar-refractivity contribution in [2.24, 2.45) is 0 Å². The second kappa shape index (κ2) is 8.34. The zero-order valence-corrected chi connectivity index (χ0v) is 13.6. The van der Waals surface area contributed by atoms with Gasteiger partial charge in [-0.1, -0.05) is 80.5 Å². The van der Waals surface area contributed by atoms with Crippen LogP contribution in [0.25, 0.3) is 0 Å². The van der Waals surface area contributed by atoms with Gasteiger partial charge >= 0.3 is 0 Å². The monoisotopic (exact) mass is 276 g/mol. The van der Waals surface area contributed by atoms with E-state index in [1.54, 1.807) is 0 Å². The van der Waals surface area contributed by atoms with Gasteiger partial charge in [0.25, 0.3) is 0 Å². The maximum Gasteiger partial charge on any atom is 0.0898 e. The van der Waals surface area contributed by atoms with Crippen LogP contribution in [0.2, 0.25) is 18.6 Å². The van der Waals surface area contributed by atoms with E-state index in [-0.39, 0.29) is 6.61 Å². The molecule has 0 spiro atoms. The summed E-state index contributed by atoms with van der Waals surface area (Å²) in [6.45, 7) is 7.18. The number of allylic oxidation sites excluding steroid dienone is 1. The van der Waals surface area contributed by atoms with Crippen LogP contribution < -0.4 is 5.19 Å². The van der Waals surface area contributed by atoms with Gasteiger partial charge in [0.05, 0.1) is 8.07 Å². The third-order valence-corrected chi connectivity index (χ3v) is 8.03. The SMILES string of the molecule is CCCCC/C=C/C(CO)[Si](C)(C)c1ccccc1. The molecule has 1 rings (SSSR count). The highest BCUT2D eigenvalue weighted by Gasteiger charge is 2.31. The second-order valence-electron chi connectivity index (χ2n) is 5.80. The molecule has 0 fully saturated rings. The van der Waals surface area contributed by atoms with Gasteiger partial charge in [0.2, 0.25) is 0 Å². The average Bonchev–Trinajstić information content (AvgIpc) is 2.43. The maximum atomic E-state index is 9.71. The van der Waals surface area contributed by atoms with Gasteiger partial charge in [0, 0.05) is 6.61 Å². The van der Waals surface area contributed by atoms with E-state index >= 15 is 0 Å². The fourth-order valence-corrected chi connectivity index (χ4v) is 4.94. The van der Waals surface area contributed by atoms with E-state index in [2.05, 4.69) is 62.5 Å². The Hall–Kier alpha value is -0.863. The van der Waals surface area contributed by atoms with Crippen molar-refractivity contribution in [3.05, 3.63) is 42.5 Å². The molecule has 0 amide bonds. The summed E-state index contributed by atoms with van der Waals surface area (Å²) in [4.78, 5) is 0. The minimum absolute atomic E-state index is 0.262. The molecule has 1 aromatic carbocycles.